The van der Waals surface area contributed by atoms with Crippen molar-refractivity contribution in [3.8, 4) is 0 Å². The van der Waals surface area contributed by atoms with E-state index in [-0.39, 0.29) is 12.2 Å². The largest absolute Gasteiger partial charge is 0.463 e. The first-order valence-electron chi connectivity index (χ1n) is 7.14. The fourth-order valence-electron chi connectivity index (χ4n) is 2.20. The van der Waals surface area contributed by atoms with Crippen LogP contribution in [0.25, 0.3) is 0 Å². The molecule has 3 atom stereocenters. The van der Waals surface area contributed by atoms with Gasteiger partial charge in [0, 0.05) is 12.0 Å². The molecular weight excluding hydrogens is 416 g/mol. The molecule has 14 heteroatoms. The number of carbonyl (C=O) groups excluding carboxylic acids is 1. The molecule has 0 radical (unpaired) electrons. The van der Waals surface area contributed by atoms with Crippen LogP contribution in [0.4, 0.5) is 0 Å². The van der Waals surface area contributed by atoms with Crippen LogP contribution in [0.15, 0.2) is 11.6 Å². The van der Waals surface area contributed by atoms with Gasteiger partial charge in [0.15, 0.2) is 0 Å². The van der Waals surface area contributed by atoms with E-state index in [1.165, 1.54) is 6.92 Å². The average Bonchev–Trinajstić information content (AvgIpc) is 2.37. The number of rotatable bonds is 8. The maximum absolute atomic E-state index is 12.0. The third-order valence-corrected chi connectivity index (χ3v) is 4.62. The summed E-state index contributed by atoms with van der Waals surface area (Å²) in [5.41, 5.74) is -0.137. The molecule has 0 saturated carbocycles. The minimum Gasteiger partial charge on any atom is -0.463 e. The third kappa shape index (κ3) is 8.09. The van der Waals surface area contributed by atoms with E-state index in [1.54, 1.807) is 0 Å². The van der Waals surface area contributed by atoms with Crippen molar-refractivity contribution >= 4 is 36.3 Å². The molecule has 1 aliphatic rings. The molecule has 0 bridgehead atoms. The number of carbonyl (C=O) groups is 1. The summed E-state index contributed by atoms with van der Waals surface area (Å²) >= 11 is 0. The van der Waals surface area contributed by atoms with E-state index in [2.05, 4.69) is 0 Å². The molecule has 0 heterocycles. The Bertz CT molecular complexity index is 867. The molecule has 0 N–H and O–H groups in total. The van der Waals surface area contributed by atoms with Crippen LogP contribution < -0.4 is 0 Å². The molecule has 0 aromatic carbocycles. The van der Waals surface area contributed by atoms with E-state index < -0.39 is 61.1 Å². The minimum atomic E-state index is -4.14. The van der Waals surface area contributed by atoms with Crippen LogP contribution in [0.2, 0.25) is 0 Å². The van der Waals surface area contributed by atoms with Gasteiger partial charge in [0.05, 0.1) is 25.4 Å². The van der Waals surface area contributed by atoms with Crippen LogP contribution in [-0.2, 0) is 52.4 Å². The molecule has 0 aliphatic heterocycles. The second-order valence-corrected chi connectivity index (χ2v) is 10.3. The molecule has 0 saturated heterocycles. The molecule has 0 amide bonds. The van der Waals surface area contributed by atoms with Crippen molar-refractivity contribution in [1.82, 2.24) is 0 Å². The fourth-order valence-corrected chi connectivity index (χ4v) is 4.03. The lowest BCUT2D eigenvalue weighted by molar-refractivity contribution is -0.139. The fraction of sp³-hybridized carbons (Fsp3) is 0.750. The number of esters is 1. The lowest BCUT2D eigenvalue weighted by Gasteiger charge is -2.33. The van der Waals surface area contributed by atoms with Gasteiger partial charge in [-0.2, -0.15) is 25.3 Å². The molecule has 26 heavy (non-hydrogen) atoms. The summed E-state index contributed by atoms with van der Waals surface area (Å²) in [4.78, 5) is 12.0. The van der Waals surface area contributed by atoms with Gasteiger partial charge in [-0.25, -0.2) is 4.79 Å². The highest BCUT2D eigenvalue weighted by atomic mass is 32.2. The molecule has 0 spiro atoms. The van der Waals surface area contributed by atoms with Gasteiger partial charge in [0.1, 0.15) is 18.3 Å². The predicted octanol–water partition coefficient (Wildman–Crippen LogP) is -1.09. The lowest BCUT2D eigenvalue weighted by atomic mass is 9.92. The van der Waals surface area contributed by atoms with Crippen LogP contribution in [0.1, 0.15) is 13.3 Å². The van der Waals surface area contributed by atoms with E-state index in [0.29, 0.717) is 18.8 Å². The Balaban J connectivity index is 3.41. The Kier molecular flexibility index (Phi) is 7.34. The molecule has 0 fully saturated rings. The second-order valence-electron chi connectivity index (χ2n) is 5.49. The Hall–Kier alpha value is -1.06. The highest BCUT2D eigenvalue weighted by Crippen LogP contribution is 2.30. The molecular formula is C12H20O11S3. The zero-order chi connectivity index (χ0) is 20.3. The number of hydrogen-bond acceptors (Lipinski definition) is 11. The monoisotopic (exact) mass is 436 g/mol. The molecule has 152 valence electrons. The molecule has 1 aliphatic carbocycles. The van der Waals surface area contributed by atoms with Gasteiger partial charge < -0.3 is 4.74 Å². The summed E-state index contributed by atoms with van der Waals surface area (Å²) in [6.07, 6.45) is -2.11. The maximum Gasteiger partial charge on any atom is 0.333 e. The Morgan fingerprint density at radius 2 is 1.46 bits per heavy atom. The average molecular weight is 436 g/mol. The summed E-state index contributed by atoms with van der Waals surface area (Å²) in [5.74, 6) is -0.852. The van der Waals surface area contributed by atoms with Gasteiger partial charge in [0.2, 0.25) is 0 Å². The van der Waals surface area contributed by atoms with Crippen molar-refractivity contribution < 1.29 is 47.3 Å². The van der Waals surface area contributed by atoms with Crippen molar-refractivity contribution in [3.05, 3.63) is 11.6 Å². The topological polar surface area (TPSA) is 156 Å². The van der Waals surface area contributed by atoms with Gasteiger partial charge in [-0.3, -0.25) is 12.5 Å². The van der Waals surface area contributed by atoms with Crippen molar-refractivity contribution in [2.24, 2.45) is 0 Å². The molecule has 1 rings (SSSR count). The summed E-state index contributed by atoms with van der Waals surface area (Å²) in [7, 11) is -12.4. The normalized spacial score (nSPS) is 24.8. The summed E-state index contributed by atoms with van der Waals surface area (Å²) in [5, 5.41) is 0. The predicted molar refractivity (Wildman–Crippen MR) is 88.5 cm³/mol. The first-order valence-corrected chi connectivity index (χ1v) is 12.6. The summed E-state index contributed by atoms with van der Waals surface area (Å²) in [6.45, 7) is 1.54. The quantitative estimate of drug-likeness (QED) is 0.336. The van der Waals surface area contributed by atoms with Crippen LogP contribution in [0, 0.1) is 0 Å². The van der Waals surface area contributed by atoms with Crippen LogP contribution in [0.3, 0.4) is 0 Å². The SMILES string of the molecule is CCOC(=O)C1=C[C@@H](OS(C)(=O)=O)[C@@H](OS(C)(=O)=O)[C@H](OS(C)(=O)=O)C1. The van der Waals surface area contributed by atoms with E-state index in [4.69, 9.17) is 17.3 Å². The van der Waals surface area contributed by atoms with Crippen molar-refractivity contribution in [1.29, 1.82) is 0 Å². The van der Waals surface area contributed by atoms with Crippen molar-refractivity contribution in [2.45, 2.75) is 31.7 Å². The zero-order valence-electron chi connectivity index (χ0n) is 14.4. The zero-order valence-corrected chi connectivity index (χ0v) is 16.9. The van der Waals surface area contributed by atoms with Crippen LogP contribution >= 0.6 is 0 Å². The van der Waals surface area contributed by atoms with E-state index in [9.17, 15) is 30.0 Å². The summed E-state index contributed by atoms with van der Waals surface area (Å²) in [6, 6.07) is 0. The van der Waals surface area contributed by atoms with Gasteiger partial charge in [-0.15, -0.1) is 0 Å². The van der Waals surface area contributed by atoms with Gasteiger partial charge in [0.25, 0.3) is 30.4 Å². The minimum absolute atomic E-state index is 0.00857. The van der Waals surface area contributed by atoms with Crippen molar-refractivity contribution in [2.75, 3.05) is 25.4 Å². The van der Waals surface area contributed by atoms with Crippen LogP contribution in [0.5, 0.6) is 0 Å². The maximum atomic E-state index is 12.0. The molecule has 0 unspecified atom stereocenters. The van der Waals surface area contributed by atoms with E-state index in [0.717, 1.165) is 6.08 Å². The van der Waals surface area contributed by atoms with Crippen LogP contribution in [-0.4, -0.2) is 74.9 Å². The first kappa shape index (κ1) is 23.0. The Labute approximate surface area is 152 Å². The van der Waals surface area contributed by atoms with E-state index in [1.807, 2.05) is 0 Å². The second kappa shape index (κ2) is 8.31. The summed E-state index contributed by atoms with van der Waals surface area (Å²) < 4.78 is 88.0. The van der Waals surface area contributed by atoms with E-state index >= 15 is 0 Å². The highest BCUT2D eigenvalue weighted by molar-refractivity contribution is 7.86. The highest BCUT2D eigenvalue weighted by Gasteiger charge is 2.43. The molecule has 0 aromatic rings. The first-order chi connectivity index (χ1) is 11.6. The Morgan fingerprint density at radius 3 is 1.88 bits per heavy atom. The van der Waals surface area contributed by atoms with Gasteiger partial charge in [-0.05, 0) is 13.0 Å². The molecule has 0 aromatic heterocycles. The smallest absolute Gasteiger partial charge is 0.333 e. The molecule has 11 nitrogen and oxygen atoms in total. The van der Waals surface area contributed by atoms with Gasteiger partial charge >= 0.3 is 5.97 Å². The standard InChI is InChI=1S/C12H20O11S3/c1-5-20-12(13)8-6-9(21-24(2,14)15)11(23-26(4,18)19)10(7-8)22-25(3,16)17/h6,9-11H,5,7H2,1-4H3/t9-,10-,11-/m1/s1. The lowest BCUT2D eigenvalue weighted by Crippen LogP contribution is -2.48. The third-order valence-electron chi connectivity index (χ3n) is 2.88. The Morgan fingerprint density at radius 1 is 0.962 bits per heavy atom. The number of ether oxygens (including phenoxy) is 1. The number of hydrogen-bond donors (Lipinski definition) is 0. The van der Waals surface area contributed by atoms with Gasteiger partial charge in [-0.1, -0.05) is 0 Å². The van der Waals surface area contributed by atoms with Crippen molar-refractivity contribution in [3.63, 3.8) is 0 Å².